The number of hydrogen-bond acceptors (Lipinski definition) is 9. The Hall–Kier alpha value is -2.93. The summed E-state index contributed by atoms with van der Waals surface area (Å²) in [5.74, 6) is -5.56. The van der Waals surface area contributed by atoms with Crippen LogP contribution in [0.25, 0.3) is 11.3 Å². The van der Waals surface area contributed by atoms with Crippen molar-refractivity contribution in [2.45, 2.75) is 49.5 Å². The third-order valence-electron chi connectivity index (χ3n) is 7.88. The number of anilines is 1. The molecule has 17 heteroatoms. The molecule has 0 radical (unpaired) electrons. The molecule has 1 aromatic heterocycles. The lowest BCUT2D eigenvalue weighted by atomic mass is 9.91. The highest BCUT2D eigenvalue weighted by Crippen LogP contribution is 2.37. The summed E-state index contributed by atoms with van der Waals surface area (Å²) in [5, 5.41) is 40.3. The predicted molar refractivity (Wildman–Crippen MR) is 158 cm³/mol. The van der Waals surface area contributed by atoms with Gasteiger partial charge in [0.2, 0.25) is 5.91 Å². The quantitative estimate of drug-likeness (QED) is 0.308. The lowest BCUT2D eigenvalue weighted by Gasteiger charge is -2.45. The van der Waals surface area contributed by atoms with Crippen molar-refractivity contribution < 1.29 is 47.6 Å². The fourth-order valence-electron chi connectivity index (χ4n) is 5.70. The number of benzene rings is 2. The molecule has 3 aromatic rings. The zero-order valence-corrected chi connectivity index (χ0v) is 26.9. The van der Waals surface area contributed by atoms with Gasteiger partial charge in [-0.25, -0.2) is 17.9 Å². The number of likely N-dealkylation sites (tertiary alicyclic amines) is 1. The molecule has 0 bridgehead atoms. The molecule has 2 aromatic carbocycles. The number of nitrogens with zero attached hydrogens (tertiary/aromatic N) is 5. The molecule has 0 unspecified atom stereocenters. The number of methoxy groups -OCH3 is 1. The van der Waals surface area contributed by atoms with Crippen LogP contribution in [-0.4, -0.2) is 110 Å². The molecule has 0 saturated carbocycles. The highest BCUT2D eigenvalue weighted by Gasteiger charge is 2.52. The van der Waals surface area contributed by atoms with Crippen LogP contribution in [0.1, 0.15) is 13.0 Å². The number of aliphatic hydroxyl groups excluding tert-OH is 3. The Morgan fingerprint density at radius 2 is 1.73 bits per heavy atom. The Kier molecular flexibility index (Phi) is 9.98. The maximum atomic E-state index is 14.5. The number of amides is 2. The van der Waals surface area contributed by atoms with Crippen LogP contribution in [-0.2, 0) is 19.1 Å². The first-order chi connectivity index (χ1) is 21.3. The fourth-order valence-corrected chi connectivity index (χ4v) is 6.96. The first-order valence-electron chi connectivity index (χ1n) is 13.6. The minimum absolute atomic E-state index is 0.00342. The molecule has 45 heavy (non-hydrogen) atoms. The van der Waals surface area contributed by atoms with Crippen LogP contribution < -0.4 is 4.90 Å². The smallest absolute Gasteiger partial charge is 0.259 e. The Morgan fingerprint density at radius 3 is 2.29 bits per heavy atom. The number of carbonyl (C=O) groups is 2. The van der Waals surface area contributed by atoms with E-state index in [1.165, 1.54) is 30.0 Å². The average Bonchev–Trinajstić information content (AvgIpc) is 3.62. The molecule has 3 N–H and O–H groups in total. The highest BCUT2D eigenvalue weighted by molar-refractivity contribution is 9.11. The van der Waals surface area contributed by atoms with Crippen molar-refractivity contribution in [1.82, 2.24) is 19.9 Å². The second-order valence-electron chi connectivity index (χ2n) is 10.7. The molecule has 12 nitrogen and oxygen atoms in total. The number of β-amino-alcohol motifs (C(OH)–C–C–N with tert-alkyl or cyclic N) is 1. The van der Waals surface area contributed by atoms with Gasteiger partial charge in [-0.3, -0.25) is 9.59 Å². The van der Waals surface area contributed by atoms with Gasteiger partial charge in [0.25, 0.3) is 5.91 Å². The van der Waals surface area contributed by atoms with Crippen molar-refractivity contribution in [1.29, 1.82) is 0 Å². The lowest BCUT2D eigenvalue weighted by Crippen LogP contribution is -2.63. The predicted octanol–water partition coefficient (Wildman–Crippen LogP) is 2.19. The van der Waals surface area contributed by atoms with E-state index in [0.29, 0.717) is 14.6 Å². The largest absolute Gasteiger partial charge is 0.394 e. The Bertz CT molecular complexity index is 1560. The summed E-state index contributed by atoms with van der Waals surface area (Å²) in [6.45, 7) is 0.607. The van der Waals surface area contributed by atoms with Crippen LogP contribution in [0.5, 0.6) is 0 Å². The minimum Gasteiger partial charge on any atom is -0.394 e. The third kappa shape index (κ3) is 6.52. The summed E-state index contributed by atoms with van der Waals surface area (Å²) >= 11 is 6.82. The van der Waals surface area contributed by atoms with Crippen LogP contribution in [0.15, 0.2) is 45.5 Å². The standard InChI is InChI=1S/C28H28Br2F3N5O7/c1-12(40)36-9-20(21(41)10-36)38(16-6-14(29)5-15(30)7-16)28(43)27-26(44-2)24(25(42)22(11-39)45-27)37-8-19(34-35-37)13-3-17(31)23(33)18(32)4-13/h3-8,20-22,24-27,39,41-42H,9-11H2,1-2H3/t20-,21-,22+,24-,25-,26+,27+/m0/s1. The second-order valence-corrected chi connectivity index (χ2v) is 12.5. The van der Waals surface area contributed by atoms with Crippen LogP contribution in [0.4, 0.5) is 18.9 Å². The Labute approximate surface area is 271 Å². The lowest BCUT2D eigenvalue weighted by molar-refractivity contribution is -0.211. The van der Waals surface area contributed by atoms with Crippen LogP contribution in [0, 0.1) is 17.5 Å². The molecule has 2 amide bonds. The molecule has 0 aliphatic carbocycles. The summed E-state index contributed by atoms with van der Waals surface area (Å²) in [4.78, 5) is 29.4. The number of rotatable bonds is 7. The number of aromatic nitrogens is 3. The Balaban J connectivity index is 1.56. The summed E-state index contributed by atoms with van der Waals surface area (Å²) in [5.41, 5.74) is 0.112. The van der Waals surface area contributed by atoms with Crippen molar-refractivity contribution in [3.05, 3.63) is 62.9 Å². The molecule has 242 valence electrons. The van der Waals surface area contributed by atoms with Crippen molar-refractivity contribution in [2.75, 3.05) is 31.7 Å². The van der Waals surface area contributed by atoms with Crippen molar-refractivity contribution >= 4 is 49.4 Å². The number of aliphatic hydroxyl groups is 3. The van der Waals surface area contributed by atoms with E-state index < -0.39 is 72.6 Å². The first kappa shape index (κ1) is 33.4. The van der Waals surface area contributed by atoms with Crippen molar-refractivity contribution in [2.24, 2.45) is 0 Å². The number of ether oxygens (including phenoxy) is 2. The molecule has 5 rings (SSSR count). The molecule has 3 heterocycles. The van der Waals surface area contributed by atoms with E-state index in [1.807, 2.05) is 0 Å². The zero-order chi connectivity index (χ0) is 32.7. The number of hydrogen-bond donors (Lipinski definition) is 3. The van der Waals surface area contributed by atoms with Gasteiger partial charge in [-0.1, -0.05) is 37.1 Å². The maximum Gasteiger partial charge on any atom is 0.259 e. The maximum absolute atomic E-state index is 14.5. The van der Waals surface area contributed by atoms with Gasteiger partial charge >= 0.3 is 0 Å². The average molecular weight is 763 g/mol. The van der Waals surface area contributed by atoms with Gasteiger partial charge < -0.3 is 34.6 Å². The summed E-state index contributed by atoms with van der Waals surface area (Å²) in [6.07, 6.45) is -5.55. The normalized spacial score (nSPS) is 26.7. The molecule has 2 aliphatic rings. The first-order valence-corrected chi connectivity index (χ1v) is 15.2. The van der Waals surface area contributed by atoms with Gasteiger partial charge in [0.1, 0.15) is 30.0 Å². The fraction of sp³-hybridized carbons (Fsp3) is 0.429. The molecule has 0 spiro atoms. The topological polar surface area (TPSA) is 150 Å². The Morgan fingerprint density at radius 1 is 1.09 bits per heavy atom. The molecular formula is C28H28Br2F3N5O7. The molecular weight excluding hydrogens is 735 g/mol. The van der Waals surface area contributed by atoms with Crippen molar-refractivity contribution in [3.8, 4) is 11.3 Å². The highest BCUT2D eigenvalue weighted by atomic mass is 79.9. The van der Waals surface area contributed by atoms with Gasteiger partial charge in [-0.2, -0.15) is 0 Å². The summed E-state index contributed by atoms with van der Waals surface area (Å²) < 4.78 is 55.3. The third-order valence-corrected chi connectivity index (χ3v) is 8.79. The van der Waals surface area contributed by atoms with E-state index in [9.17, 15) is 38.1 Å². The molecule has 2 saturated heterocycles. The van der Waals surface area contributed by atoms with Crippen LogP contribution in [0.3, 0.4) is 0 Å². The van der Waals surface area contributed by atoms with E-state index in [1.54, 1.807) is 18.2 Å². The second kappa shape index (κ2) is 13.4. The van der Waals surface area contributed by atoms with Gasteiger partial charge in [0, 0.05) is 47.3 Å². The van der Waals surface area contributed by atoms with Crippen LogP contribution in [0.2, 0.25) is 0 Å². The molecule has 7 atom stereocenters. The molecule has 2 aliphatic heterocycles. The SMILES string of the molecule is CO[C@@H]1[C@@H](n2cc(-c3cc(F)c(F)c(F)c3)nn2)[C@@H](O)[C@@H](CO)O[C@H]1C(=O)N(c1cc(Br)cc(Br)c1)[C@H]1CN(C(C)=O)C[C@@H]1O. The van der Waals surface area contributed by atoms with E-state index in [4.69, 9.17) is 9.47 Å². The number of halogens is 5. The van der Waals surface area contributed by atoms with Crippen molar-refractivity contribution in [3.63, 3.8) is 0 Å². The van der Waals surface area contributed by atoms with Gasteiger partial charge in [-0.05, 0) is 30.3 Å². The number of carbonyl (C=O) groups excluding carboxylic acids is 2. The van der Waals surface area contributed by atoms with Gasteiger partial charge in [0.05, 0.1) is 24.9 Å². The minimum atomic E-state index is -1.65. The van der Waals surface area contributed by atoms with E-state index >= 15 is 0 Å². The summed E-state index contributed by atoms with van der Waals surface area (Å²) in [7, 11) is 1.26. The van der Waals surface area contributed by atoms with E-state index in [-0.39, 0.29) is 30.3 Å². The monoisotopic (exact) mass is 761 g/mol. The zero-order valence-electron chi connectivity index (χ0n) is 23.7. The van der Waals surface area contributed by atoms with Gasteiger partial charge in [0.15, 0.2) is 23.6 Å². The van der Waals surface area contributed by atoms with Crippen LogP contribution >= 0.6 is 31.9 Å². The molecule has 2 fully saturated rings. The van der Waals surface area contributed by atoms with Gasteiger partial charge in [-0.15, -0.1) is 5.10 Å². The summed E-state index contributed by atoms with van der Waals surface area (Å²) in [6, 6.07) is 4.33. The van der Waals surface area contributed by atoms with E-state index in [0.717, 1.165) is 16.8 Å². The van der Waals surface area contributed by atoms with E-state index in [2.05, 4.69) is 42.2 Å².